The number of aliphatic hydroxyl groups is 1. The quantitative estimate of drug-likeness (QED) is 0.239. The molecule has 26 heavy (non-hydrogen) atoms. The smallest absolute Gasteiger partial charge is 0.217 e. The zero-order valence-corrected chi connectivity index (χ0v) is 18.4. The van der Waals surface area contributed by atoms with E-state index < -0.39 is 6.10 Å². The van der Waals surface area contributed by atoms with Gasteiger partial charge in [0.15, 0.2) is 0 Å². The zero-order chi connectivity index (χ0) is 20.0. The van der Waals surface area contributed by atoms with Gasteiger partial charge in [0.1, 0.15) is 0 Å². The maximum atomic E-state index is 11.1. The van der Waals surface area contributed by atoms with E-state index in [1.807, 2.05) is 26.8 Å². The number of carbonyl (C=O) groups is 1. The van der Waals surface area contributed by atoms with Crippen molar-refractivity contribution in [3.63, 3.8) is 0 Å². The Morgan fingerprint density at radius 2 is 1.35 bits per heavy atom. The third kappa shape index (κ3) is 19.5. The lowest BCUT2D eigenvalue weighted by atomic mass is 10.0. The SMILES string of the molecule is CC.CCCCCCCCCCCCC/C=C/C(O)C(CC)NC(C)=O. The number of rotatable bonds is 16. The first kappa shape index (κ1) is 27.4. The van der Waals surface area contributed by atoms with Crippen molar-refractivity contribution in [2.45, 2.75) is 130 Å². The molecule has 0 rings (SSSR count). The van der Waals surface area contributed by atoms with Crippen LogP contribution in [0, 0.1) is 0 Å². The summed E-state index contributed by atoms with van der Waals surface area (Å²) in [5.74, 6) is -0.0836. The lowest BCUT2D eigenvalue weighted by molar-refractivity contribution is -0.120. The van der Waals surface area contributed by atoms with Crippen molar-refractivity contribution >= 4 is 5.91 Å². The van der Waals surface area contributed by atoms with Crippen molar-refractivity contribution in [3.8, 4) is 0 Å². The number of unbranched alkanes of at least 4 members (excludes halogenated alkanes) is 11. The first-order valence-corrected chi connectivity index (χ1v) is 11.2. The maximum Gasteiger partial charge on any atom is 0.217 e. The molecule has 0 saturated heterocycles. The average Bonchev–Trinajstić information content (AvgIpc) is 2.64. The number of carbonyl (C=O) groups excluding carboxylic acids is 1. The van der Waals surface area contributed by atoms with E-state index in [0.29, 0.717) is 0 Å². The van der Waals surface area contributed by atoms with E-state index in [2.05, 4.69) is 18.3 Å². The van der Waals surface area contributed by atoms with E-state index in [9.17, 15) is 9.90 Å². The van der Waals surface area contributed by atoms with Gasteiger partial charge in [0, 0.05) is 6.92 Å². The molecule has 3 heteroatoms. The molecule has 0 saturated carbocycles. The van der Waals surface area contributed by atoms with Crippen LogP contribution in [0.4, 0.5) is 0 Å². The van der Waals surface area contributed by atoms with Gasteiger partial charge in [-0.2, -0.15) is 0 Å². The molecular weight excluding hydrogens is 322 g/mol. The molecule has 2 N–H and O–H groups in total. The van der Waals surface area contributed by atoms with Gasteiger partial charge in [0.05, 0.1) is 12.1 Å². The lowest BCUT2D eigenvalue weighted by Gasteiger charge is -2.19. The summed E-state index contributed by atoms with van der Waals surface area (Å²) in [6.07, 6.45) is 20.0. The van der Waals surface area contributed by atoms with Gasteiger partial charge < -0.3 is 10.4 Å². The summed E-state index contributed by atoms with van der Waals surface area (Å²) in [6, 6.07) is -0.170. The van der Waals surface area contributed by atoms with Crippen LogP contribution in [-0.2, 0) is 4.79 Å². The molecule has 0 radical (unpaired) electrons. The second-order valence-electron chi connectivity index (χ2n) is 6.96. The molecule has 3 nitrogen and oxygen atoms in total. The number of aliphatic hydroxyl groups excluding tert-OH is 1. The fraction of sp³-hybridized carbons (Fsp3) is 0.870. The third-order valence-corrected chi connectivity index (χ3v) is 4.55. The van der Waals surface area contributed by atoms with Crippen LogP contribution in [0.2, 0.25) is 0 Å². The van der Waals surface area contributed by atoms with Crippen LogP contribution < -0.4 is 5.32 Å². The standard InChI is InChI=1S/C21H41NO2.C2H6/c1-4-6-7-8-9-10-11-12-13-14-15-16-17-18-21(24)20(5-2)22-19(3)23;1-2/h17-18,20-21,24H,4-16H2,1-3H3,(H,22,23);1-2H3/b18-17+;. The van der Waals surface area contributed by atoms with Crippen LogP contribution in [0.25, 0.3) is 0 Å². The van der Waals surface area contributed by atoms with Crippen molar-refractivity contribution in [1.29, 1.82) is 0 Å². The maximum absolute atomic E-state index is 11.1. The molecule has 0 aromatic carbocycles. The number of hydrogen-bond acceptors (Lipinski definition) is 2. The molecule has 0 aliphatic heterocycles. The zero-order valence-electron chi connectivity index (χ0n) is 18.4. The monoisotopic (exact) mass is 369 g/mol. The molecule has 2 unspecified atom stereocenters. The molecule has 0 bridgehead atoms. The fourth-order valence-corrected chi connectivity index (χ4v) is 2.99. The molecule has 0 fully saturated rings. The Balaban J connectivity index is 0. The predicted molar refractivity (Wildman–Crippen MR) is 115 cm³/mol. The van der Waals surface area contributed by atoms with E-state index in [4.69, 9.17) is 0 Å². The summed E-state index contributed by atoms with van der Waals surface area (Å²) < 4.78 is 0. The highest BCUT2D eigenvalue weighted by Crippen LogP contribution is 2.12. The molecule has 0 aromatic rings. The van der Waals surface area contributed by atoms with E-state index >= 15 is 0 Å². The second-order valence-corrected chi connectivity index (χ2v) is 6.96. The Labute approximate surface area is 164 Å². The minimum atomic E-state index is -0.577. The summed E-state index contributed by atoms with van der Waals surface area (Å²) in [7, 11) is 0. The van der Waals surface area contributed by atoms with Gasteiger partial charge in [-0.1, -0.05) is 104 Å². The third-order valence-electron chi connectivity index (χ3n) is 4.55. The lowest BCUT2D eigenvalue weighted by Crippen LogP contribution is -2.40. The molecule has 0 heterocycles. The minimum absolute atomic E-state index is 0.0836. The van der Waals surface area contributed by atoms with Crippen molar-refractivity contribution in [1.82, 2.24) is 5.32 Å². The van der Waals surface area contributed by atoms with E-state index in [1.165, 1.54) is 77.6 Å². The van der Waals surface area contributed by atoms with E-state index in [1.54, 1.807) is 0 Å². The normalized spacial score (nSPS) is 13.2. The highest BCUT2D eigenvalue weighted by Gasteiger charge is 2.14. The minimum Gasteiger partial charge on any atom is -0.387 e. The summed E-state index contributed by atoms with van der Waals surface area (Å²) >= 11 is 0. The second kappa shape index (κ2) is 22.2. The van der Waals surface area contributed by atoms with Gasteiger partial charge in [-0.25, -0.2) is 0 Å². The Hall–Kier alpha value is -0.830. The van der Waals surface area contributed by atoms with Gasteiger partial charge in [-0.3, -0.25) is 4.79 Å². The van der Waals surface area contributed by atoms with Crippen LogP contribution in [0.5, 0.6) is 0 Å². The Morgan fingerprint density at radius 1 is 0.885 bits per heavy atom. The van der Waals surface area contributed by atoms with Gasteiger partial charge in [-0.15, -0.1) is 0 Å². The molecule has 156 valence electrons. The Bertz CT molecular complexity index is 315. The Morgan fingerprint density at radius 3 is 1.77 bits per heavy atom. The van der Waals surface area contributed by atoms with Gasteiger partial charge in [0.25, 0.3) is 0 Å². The first-order chi connectivity index (χ1) is 12.6. The molecule has 0 aromatic heterocycles. The van der Waals surface area contributed by atoms with Crippen LogP contribution in [0.3, 0.4) is 0 Å². The largest absolute Gasteiger partial charge is 0.387 e. The molecule has 0 spiro atoms. The molecule has 1 amide bonds. The number of allylic oxidation sites excluding steroid dienone is 1. The van der Waals surface area contributed by atoms with E-state index in [0.717, 1.165) is 12.8 Å². The first-order valence-electron chi connectivity index (χ1n) is 11.2. The number of amides is 1. The van der Waals surface area contributed by atoms with Gasteiger partial charge in [-0.05, 0) is 19.3 Å². The molecular formula is C23H47NO2. The van der Waals surface area contributed by atoms with Crippen LogP contribution >= 0.6 is 0 Å². The van der Waals surface area contributed by atoms with Gasteiger partial charge in [0.2, 0.25) is 5.91 Å². The summed E-state index contributed by atoms with van der Waals surface area (Å²) in [6.45, 7) is 9.73. The topological polar surface area (TPSA) is 49.3 Å². The highest BCUT2D eigenvalue weighted by molar-refractivity contribution is 5.73. The predicted octanol–water partition coefficient (Wildman–Crippen LogP) is 6.55. The average molecular weight is 370 g/mol. The summed E-state index contributed by atoms with van der Waals surface area (Å²) in [5, 5.41) is 12.8. The van der Waals surface area contributed by atoms with Crippen LogP contribution in [-0.4, -0.2) is 23.2 Å². The number of hydrogen-bond donors (Lipinski definition) is 2. The van der Waals surface area contributed by atoms with Crippen LogP contribution in [0.15, 0.2) is 12.2 Å². The summed E-state index contributed by atoms with van der Waals surface area (Å²) in [5.41, 5.74) is 0. The summed E-state index contributed by atoms with van der Waals surface area (Å²) in [4.78, 5) is 11.1. The highest BCUT2D eigenvalue weighted by atomic mass is 16.3. The number of nitrogens with one attached hydrogen (secondary N) is 1. The van der Waals surface area contributed by atoms with E-state index in [-0.39, 0.29) is 11.9 Å². The van der Waals surface area contributed by atoms with Crippen molar-refractivity contribution < 1.29 is 9.90 Å². The fourth-order valence-electron chi connectivity index (χ4n) is 2.99. The Kier molecular flexibility index (Phi) is 23.4. The van der Waals surface area contributed by atoms with Gasteiger partial charge >= 0.3 is 0 Å². The van der Waals surface area contributed by atoms with Crippen molar-refractivity contribution in [2.24, 2.45) is 0 Å². The van der Waals surface area contributed by atoms with Crippen LogP contribution in [0.1, 0.15) is 118 Å². The molecule has 2 atom stereocenters. The molecule has 0 aliphatic carbocycles. The van der Waals surface area contributed by atoms with Crippen molar-refractivity contribution in [2.75, 3.05) is 0 Å². The van der Waals surface area contributed by atoms with Crippen molar-refractivity contribution in [3.05, 3.63) is 12.2 Å². The molecule has 0 aliphatic rings.